The fraction of sp³-hybridized carbons (Fsp3) is 0.364. The van der Waals surface area contributed by atoms with Crippen molar-refractivity contribution >= 4 is 27.5 Å². The monoisotopic (exact) mass is 251 g/mol. The Hall–Kier alpha value is -1.69. The fourth-order valence-corrected chi connectivity index (χ4v) is 2.84. The van der Waals surface area contributed by atoms with Crippen molar-refractivity contribution in [3.05, 3.63) is 26.6 Å². The van der Waals surface area contributed by atoms with Gasteiger partial charge in [0.2, 0.25) is 5.91 Å². The summed E-state index contributed by atoms with van der Waals surface area (Å²) in [6, 6.07) is 0. The lowest BCUT2D eigenvalue weighted by molar-refractivity contribution is -0.118. The van der Waals surface area contributed by atoms with Gasteiger partial charge in [-0.3, -0.25) is 14.2 Å². The van der Waals surface area contributed by atoms with Crippen molar-refractivity contribution in [2.24, 2.45) is 5.73 Å². The summed E-state index contributed by atoms with van der Waals surface area (Å²) in [5.41, 5.74) is 5.87. The molecule has 0 saturated carbocycles. The summed E-state index contributed by atoms with van der Waals surface area (Å²) in [7, 11) is 0. The predicted octanol–water partition coefficient (Wildman–Crippen LogP) is 0.869. The van der Waals surface area contributed by atoms with Crippen LogP contribution in [0.4, 0.5) is 0 Å². The molecule has 5 nitrogen and oxygen atoms in total. The SMILES string of the molecule is Cc1sc2nc(C)n(CC(N)=O)c(=O)c2c1C. The first kappa shape index (κ1) is 11.8. The Labute approximate surface area is 102 Å². The zero-order valence-electron chi connectivity index (χ0n) is 9.90. The average molecular weight is 251 g/mol. The minimum absolute atomic E-state index is 0.123. The van der Waals surface area contributed by atoms with E-state index in [1.165, 1.54) is 15.9 Å². The number of hydrogen-bond acceptors (Lipinski definition) is 4. The lowest BCUT2D eigenvalue weighted by Crippen LogP contribution is -2.30. The zero-order valence-corrected chi connectivity index (χ0v) is 10.7. The normalized spacial score (nSPS) is 11.0. The summed E-state index contributed by atoms with van der Waals surface area (Å²) in [6.45, 7) is 5.42. The summed E-state index contributed by atoms with van der Waals surface area (Å²) in [6.07, 6.45) is 0. The van der Waals surface area contributed by atoms with Gasteiger partial charge in [0.1, 0.15) is 17.2 Å². The van der Waals surface area contributed by atoms with Gasteiger partial charge < -0.3 is 5.73 Å². The third-order valence-electron chi connectivity index (χ3n) is 2.79. The highest BCUT2D eigenvalue weighted by atomic mass is 32.1. The van der Waals surface area contributed by atoms with Gasteiger partial charge in [-0.05, 0) is 26.3 Å². The molecule has 0 aliphatic rings. The molecular weight excluding hydrogens is 238 g/mol. The van der Waals surface area contributed by atoms with Gasteiger partial charge in [-0.25, -0.2) is 4.98 Å². The van der Waals surface area contributed by atoms with Gasteiger partial charge in [-0.2, -0.15) is 0 Å². The first-order valence-corrected chi connectivity index (χ1v) is 5.99. The van der Waals surface area contributed by atoms with Crippen LogP contribution < -0.4 is 11.3 Å². The number of carbonyl (C=O) groups is 1. The van der Waals surface area contributed by atoms with Crippen LogP contribution in [0.15, 0.2) is 4.79 Å². The molecule has 0 atom stereocenters. The van der Waals surface area contributed by atoms with E-state index in [-0.39, 0.29) is 12.1 Å². The Balaban J connectivity index is 2.83. The number of hydrogen-bond donors (Lipinski definition) is 1. The number of fused-ring (bicyclic) bond motifs is 1. The van der Waals surface area contributed by atoms with E-state index in [1.54, 1.807) is 6.92 Å². The van der Waals surface area contributed by atoms with Gasteiger partial charge in [-0.15, -0.1) is 11.3 Å². The van der Waals surface area contributed by atoms with Crippen molar-refractivity contribution in [2.75, 3.05) is 0 Å². The van der Waals surface area contributed by atoms with Gasteiger partial charge in [0.25, 0.3) is 5.56 Å². The van der Waals surface area contributed by atoms with E-state index in [1.807, 2.05) is 13.8 Å². The molecule has 2 aromatic rings. The van der Waals surface area contributed by atoms with E-state index in [0.29, 0.717) is 11.2 Å². The lowest BCUT2D eigenvalue weighted by atomic mass is 10.2. The second kappa shape index (κ2) is 3.96. The second-order valence-electron chi connectivity index (χ2n) is 3.98. The lowest BCUT2D eigenvalue weighted by Gasteiger charge is -2.06. The number of nitrogens with two attached hydrogens (primary N) is 1. The summed E-state index contributed by atoms with van der Waals surface area (Å²) in [4.78, 5) is 29.3. The summed E-state index contributed by atoms with van der Waals surface area (Å²) in [5, 5.41) is 0.597. The zero-order chi connectivity index (χ0) is 12.7. The Morgan fingerprint density at radius 2 is 2.06 bits per heavy atom. The van der Waals surface area contributed by atoms with Crippen LogP contribution in [0.25, 0.3) is 10.2 Å². The number of nitrogens with zero attached hydrogens (tertiary/aromatic N) is 2. The van der Waals surface area contributed by atoms with Crippen LogP contribution in [0.2, 0.25) is 0 Å². The molecule has 0 unspecified atom stereocenters. The molecule has 0 radical (unpaired) electrons. The van der Waals surface area contributed by atoms with Crippen molar-refractivity contribution in [3.63, 3.8) is 0 Å². The van der Waals surface area contributed by atoms with Crippen LogP contribution in [-0.4, -0.2) is 15.5 Å². The first-order valence-electron chi connectivity index (χ1n) is 5.17. The van der Waals surface area contributed by atoms with Crippen molar-refractivity contribution in [1.82, 2.24) is 9.55 Å². The van der Waals surface area contributed by atoms with Gasteiger partial charge in [0.05, 0.1) is 5.39 Å². The van der Waals surface area contributed by atoms with E-state index in [9.17, 15) is 9.59 Å². The topological polar surface area (TPSA) is 78.0 Å². The molecule has 0 spiro atoms. The fourth-order valence-electron chi connectivity index (χ4n) is 1.77. The first-order chi connectivity index (χ1) is 7.91. The molecule has 2 heterocycles. The van der Waals surface area contributed by atoms with E-state index in [4.69, 9.17) is 5.73 Å². The quantitative estimate of drug-likeness (QED) is 0.860. The molecular formula is C11H13N3O2S. The molecule has 0 aliphatic carbocycles. The third kappa shape index (κ3) is 1.84. The van der Waals surface area contributed by atoms with Gasteiger partial charge >= 0.3 is 0 Å². The van der Waals surface area contributed by atoms with Gasteiger partial charge in [-0.1, -0.05) is 0 Å². The molecule has 0 bridgehead atoms. The smallest absolute Gasteiger partial charge is 0.263 e. The molecule has 1 amide bonds. The molecule has 6 heteroatoms. The van der Waals surface area contributed by atoms with Gasteiger partial charge in [0.15, 0.2) is 0 Å². The van der Waals surface area contributed by atoms with Crippen LogP contribution in [0.1, 0.15) is 16.3 Å². The summed E-state index contributed by atoms with van der Waals surface area (Å²) < 4.78 is 1.32. The largest absolute Gasteiger partial charge is 0.368 e. The van der Waals surface area contributed by atoms with Crippen molar-refractivity contribution < 1.29 is 4.79 Å². The molecule has 0 aliphatic heterocycles. The summed E-state index contributed by atoms with van der Waals surface area (Å²) in [5.74, 6) is -0.0245. The van der Waals surface area contributed by atoms with E-state index in [2.05, 4.69) is 4.98 Å². The van der Waals surface area contributed by atoms with Crippen molar-refractivity contribution in [1.29, 1.82) is 0 Å². The molecule has 0 saturated heterocycles. The molecule has 2 N–H and O–H groups in total. The number of aromatic nitrogens is 2. The highest BCUT2D eigenvalue weighted by Gasteiger charge is 2.15. The highest BCUT2D eigenvalue weighted by molar-refractivity contribution is 7.18. The van der Waals surface area contributed by atoms with Crippen LogP contribution in [0.5, 0.6) is 0 Å². The molecule has 0 aromatic carbocycles. The average Bonchev–Trinajstić information content (AvgIpc) is 2.49. The van der Waals surface area contributed by atoms with E-state index < -0.39 is 5.91 Å². The Morgan fingerprint density at radius 3 is 2.65 bits per heavy atom. The Bertz CT molecular complexity index is 669. The van der Waals surface area contributed by atoms with Crippen LogP contribution in [0, 0.1) is 20.8 Å². The minimum atomic E-state index is -0.541. The van der Waals surface area contributed by atoms with Crippen LogP contribution in [0.3, 0.4) is 0 Å². The number of rotatable bonds is 2. The number of carbonyl (C=O) groups excluding carboxylic acids is 1. The molecule has 90 valence electrons. The minimum Gasteiger partial charge on any atom is -0.368 e. The van der Waals surface area contributed by atoms with Crippen molar-refractivity contribution in [3.8, 4) is 0 Å². The van der Waals surface area contributed by atoms with Gasteiger partial charge in [0, 0.05) is 4.88 Å². The number of primary amides is 1. The van der Waals surface area contributed by atoms with E-state index in [0.717, 1.165) is 15.3 Å². The van der Waals surface area contributed by atoms with Crippen molar-refractivity contribution in [2.45, 2.75) is 27.3 Å². The van der Waals surface area contributed by atoms with Crippen LogP contribution >= 0.6 is 11.3 Å². The Morgan fingerprint density at radius 1 is 1.41 bits per heavy atom. The maximum absolute atomic E-state index is 12.2. The summed E-state index contributed by atoms with van der Waals surface area (Å²) >= 11 is 1.49. The number of aryl methyl sites for hydroxylation is 3. The second-order valence-corrected chi connectivity index (χ2v) is 5.18. The molecule has 2 rings (SSSR count). The Kier molecular flexibility index (Phi) is 2.74. The number of thiophene rings is 1. The van der Waals surface area contributed by atoms with E-state index >= 15 is 0 Å². The number of amides is 1. The molecule has 0 fully saturated rings. The maximum Gasteiger partial charge on any atom is 0.263 e. The van der Waals surface area contributed by atoms with Crippen LogP contribution in [-0.2, 0) is 11.3 Å². The third-order valence-corrected chi connectivity index (χ3v) is 3.89. The molecule has 17 heavy (non-hydrogen) atoms. The molecule has 2 aromatic heterocycles. The predicted molar refractivity (Wildman–Crippen MR) is 67.3 cm³/mol. The maximum atomic E-state index is 12.2. The highest BCUT2D eigenvalue weighted by Crippen LogP contribution is 2.25. The standard InChI is InChI=1S/C11H13N3O2S/c1-5-6(2)17-10-9(5)11(16)14(4-8(12)15)7(3)13-10/h4H2,1-3H3,(H2,12,15).